The Bertz CT molecular complexity index is 845. The number of hydrogen-bond donors (Lipinski definition) is 3. The molecule has 3 aromatic rings. The maximum atomic E-state index is 7.58. The molecule has 4 nitrogen and oxygen atoms in total. The highest BCUT2D eigenvalue weighted by Gasteiger charge is 2.10. The van der Waals surface area contributed by atoms with E-state index in [9.17, 15) is 0 Å². The molecule has 0 aliphatic carbocycles. The molecule has 0 saturated heterocycles. The molecule has 0 radical (unpaired) electrons. The van der Waals surface area contributed by atoms with Crippen LogP contribution in [0.25, 0.3) is 0 Å². The summed E-state index contributed by atoms with van der Waals surface area (Å²) in [4.78, 5) is 0.773. The number of anilines is 2. The first-order valence-corrected chi connectivity index (χ1v) is 9.76. The van der Waals surface area contributed by atoms with Crippen LogP contribution < -0.4 is 15.8 Å². The summed E-state index contributed by atoms with van der Waals surface area (Å²) in [5, 5.41) is 11.0. The molecule has 0 bridgehead atoms. The molecule has 4 N–H and O–H groups in total. The van der Waals surface area contributed by atoms with Gasteiger partial charge in [-0.05, 0) is 42.2 Å². The molecule has 0 unspecified atom stereocenters. The van der Waals surface area contributed by atoms with Crippen molar-refractivity contribution < 1.29 is 4.74 Å². The van der Waals surface area contributed by atoms with Crippen molar-refractivity contribution >= 4 is 40.3 Å². The fourth-order valence-electron chi connectivity index (χ4n) is 2.28. The fourth-order valence-corrected chi connectivity index (χ4v) is 3.92. The minimum Gasteiger partial charge on any atom is -0.489 e. The number of nitrogens with two attached hydrogens (primary N) is 1. The van der Waals surface area contributed by atoms with E-state index in [2.05, 4.69) is 5.32 Å². The lowest BCUT2D eigenvalue weighted by molar-refractivity contribution is 0.306. The molecule has 6 heteroatoms. The molecule has 0 aliphatic rings. The average Bonchev–Trinajstić information content (AvgIpc) is 3.05. The number of nitrogen functional groups attached to an aromatic ring is 1. The van der Waals surface area contributed by atoms with Crippen molar-refractivity contribution in [2.45, 2.75) is 10.8 Å². The van der Waals surface area contributed by atoms with Gasteiger partial charge in [0.15, 0.2) is 0 Å². The molecule has 0 aliphatic heterocycles. The Morgan fingerprint density at radius 3 is 2.52 bits per heavy atom. The van der Waals surface area contributed by atoms with Crippen molar-refractivity contribution in [3.63, 3.8) is 0 Å². The van der Waals surface area contributed by atoms with Gasteiger partial charge in [-0.15, -0.1) is 23.1 Å². The number of thioether (sulfide) groups is 1. The second-order valence-electron chi connectivity index (χ2n) is 5.35. The van der Waals surface area contributed by atoms with Gasteiger partial charge in [0.1, 0.15) is 18.2 Å². The van der Waals surface area contributed by atoms with Crippen LogP contribution in [0.15, 0.2) is 64.9 Å². The zero-order valence-electron chi connectivity index (χ0n) is 13.8. The number of amidine groups is 1. The molecule has 0 atom stereocenters. The summed E-state index contributed by atoms with van der Waals surface area (Å²) >= 11 is 3.16. The standard InChI is InChI=1S/C19H19N3OS2/c1-24-19-16(11-17(25-19)18(20)21)22-14-7-9-15(10-8-14)23-12-13-5-3-2-4-6-13/h2-11,22H,12H2,1H3,(H3,20,21). The van der Waals surface area contributed by atoms with Crippen LogP contribution in [0.5, 0.6) is 5.75 Å². The van der Waals surface area contributed by atoms with Crippen LogP contribution in [0, 0.1) is 5.41 Å². The minimum absolute atomic E-state index is 0.0954. The molecule has 25 heavy (non-hydrogen) atoms. The zero-order chi connectivity index (χ0) is 17.6. The van der Waals surface area contributed by atoms with E-state index in [-0.39, 0.29) is 5.84 Å². The first kappa shape index (κ1) is 17.4. The predicted octanol–water partition coefficient (Wildman–Crippen LogP) is 5.08. The number of ether oxygens (including phenoxy) is 1. The summed E-state index contributed by atoms with van der Waals surface area (Å²) in [5.41, 5.74) is 8.67. The minimum atomic E-state index is 0.0954. The summed E-state index contributed by atoms with van der Waals surface area (Å²) in [6, 6.07) is 19.9. The van der Waals surface area contributed by atoms with Crippen molar-refractivity contribution in [3.8, 4) is 5.75 Å². The molecule has 0 amide bonds. The van der Waals surface area contributed by atoms with Crippen LogP contribution in [0.3, 0.4) is 0 Å². The number of hydrogen-bond acceptors (Lipinski definition) is 5. The lowest BCUT2D eigenvalue weighted by Crippen LogP contribution is -2.08. The van der Waals surface area contributed by atoms with E-state index in [1.54, 1.807) is 11.8 Å². The Morgan fingerprint density at radius 2 is 1.88 bits per heavy atom. The lowest BCUT2D eigenvalue weighted by Gasteiger charge is -2.09. The van der Waals surface area contributed by atoms with Gasteiger partial charge < -0.3 is 15.8 Å². The highest BCUT2D eigenvalue weighted by Crippen LogP contribution is 2.36. The van der Waals surface area contributed by atoms with E-state index < -0.39 is 0 Å². The van der Waals surface area contributed by atoms with Crippen LogP contribution in [-0.4, -0.2) is 12.1 Å². The molecule has 0 spiro atoms. The zero-order valence-corrected chi connectivity index (χ0v) is 15.4. The third kappa shape index (κ3) is 4.55. The van der Waals surface area contributed by atoms with Gasteiger partial charge in [0.2, 0.25) is 0 Å². The third-order valence-electron chi connectivity index (χ3n) is 3.53. The molecular formula is C19H19N3OS2. The molecule has 1 aromatic heterocycles. The fraction of sp³-hybridized carbons (Fsp3) is 0.105. The summed E-state index contributed by atoms with van der Waals surface area (Å²) in [5.74, 6) is 0.923. The maximum absolute atomic E-state index is 7.58. The van der Waals surface area contributed by atoms with Gasteiger partial charge in [-0.2, -0.15) is 0 Å². The molecule has 2 aromatic carbocycles. The highest BCUT2D eigenvalue weighted by atomic mass is 32.2. The number of benzene rings is 2. The average molecular weight is 370 g/mol. The summed E-state index contributed by atoms with van der Waals surface area (Å²) in [7, 11) is 0. The SMILES string of the molecule is CSc1sc(C(=N)N)cc1Nc1ccc(OCc2ccccc2)cc1. The van der Waals surface area contributed by atoms with Gasteiger partial charge >= 0.3 is 0 Å². The molecule has 3 rings (SSSR count). The van der Waals surface area contributed by atoms with E-state index in [1.807, 2.05) is 66.9 Å². The monoisotopic (exact) mass is 369 g/mol. The Balaban J connectivity index is 1.65. The van der Waals surface area contributed by atoms with Gasteiger partial charge in [0.05, 0.1) is 14.8 Å². The number of rotatable bonds is 7. The van der Waals surface area contributed by atoms with Crippen molar-refractivity contribution in [1.82, 2.24) is 0 Å². The van der Waals surface area contributed by atoms with Crippen LogP contribution in [0.4, 0.5) is 11.4 Å². The molecular weight excluding hydrogens is 350 g/mol. The second kappa shape index (κ2) is 8.09. The molecule has 128 valence electrons. The summed E-state index contributed by atoms with van der Waals surface area (Å²) < 4.78 is 6.91. The summed E-state index contributed by atoms with van der Waals surface area (Å²) in [6.45, 7) is 0.552. The van der Waals surface area contributed by atoms with Gasteiger partial charge in [-0.1, -0.05) is 30.3 Å². The maximum Gasteiger partial charge on any atom is 0.133 e. The first-order valence-electron chi connectivity index (χ1n) is 7.72. The van der Waals surface area contributed by atoms with Crippen LogP contribution in [0.1, 0.15) is 10.4 Å². The normalized spacial score (nSPS) is 10.4. The smallest absolute Gasteiger partial charge is 0.133 e. The Morgan fingerprint density at radius 1 is 1.16 bits per heavy atom. The van der Waals surface area contributed by atoms with Crippen LogP contribution >= 0.6 is 23.1 Å². The third-order valence-corrected chi connectivity index (χ3v) is 5.83. The predicted molar refractivity (Wildman–Crippen MR) is 108 cm³/mol. The first-order chi connectivity index (χ1) is 12.2. The molecule has 0 saturated carbocycles. The van der Waals surface area contributed by atoms with E-state index in [0.717, 1.165) is 31.8 Å². The van der Waals surface area contributed by atoms with E-state index in [1.165, 1.54) is 11.3 Å². The Kier molecular flexibility index (Phi) is 5.63. The van der Waals surface area contributed by atoms with E-state index in [4.69, 9.17) is 15.9 Å². The Hall–Kier alpha value is -2.44. The second-order valence-corrected chi connectivity index (χ2v) is 7.48. The van der Waals surface area contributed by atoms with Crippen LogP contribution in [0.2, 0.25) is 0 Å². The van der Waals surface area contributed by atoms with Crippen LogP contribution in [-0.2, 0) is 6.61 Å². The van der Waals surface area contributed by atoms with Gasteiger partial charge in [0.25, 0.3) is 0 Å². The van der Waals surface area contributed by atoms with E-state index >= 15 is 0 Å². The number of nitrogens with one attached hydrogen (secondary N) is 2. The van der Waals surface area contributed by atoms with Gasteiger partial charge in [0, 0.05) is 5.69 Å². The van der Waals surface area contributed by atoms with Crippen molar-refractivity contribution in [1.29, 1.82) is 5.41 Å². The van der Waals surface area contributed by atoms with Crippen molar-refractivity contribution in [3.05, 3.63) is 71.1 Å². The lowest BCUT2D eigenvalue weighted by atomic mass is 10.2. The van der Waals surface area contributed by atoms with Crippen molar-refractivity contribution in [2.75, 3.05) is 11.6 Å². The number of thiophene rings is 1. The van der Waals surface area contributed by atoms with Gasteiger partial charge in [-0.25, -0.2) is 0 Å². The highest BCUT2D eigenvalue weighted by molar-refractivity contribution is 8.00. The topological polar surface area (TPSA) is 71.1 Å². The quantitative estimate of drug-likeness (QED) is 0.309. The molecule has 0 fully saturated rings. The summed E-state index contributed by atoms with van der Waals surface area (Å²) in [6.07, 6.45) is 2.02. The van der Waals surface area contributed by atoms with E-state index in [0.29, 0.717) is 6.61 Å². The largest absolute Gasteiger partial charge is 0.489 e. The molecule has 1 heterocycles. The van der Waals surface area contributed by atoms with Crippen molar-refractivity contribution in [2.24, 2.45) is 5.73 Å². The Labute approximate surface area is 155 Å². The van der Waals surface area contributed by atoms with Gasteiger partial charge in [-0.3, -0.25) is 5.41 Å².